The van der Waals surface area contributed by atoms with E-state index in [2.05, 4.69) is 4.98 Å². The van der Waals surface area contributed by atoms with Crippen molar-refractivity contribution < 1.29 is 22.0 Å². The van der Waals surface area contributed by atoms with Crippen molar-refractivity contribution in [3.63, 3.8) is 0 Å². The maximum Gasteiger partial charge on any atom is 0.416 e. The molecule has 3 rings (SSSR count). The third kappa shape index (κ3) is 3.84. The summed E-state index contributed by atoms with van der Waals surface area (Å²) in [5.41, 5.74) is -0.624. The molecule has 0 unspecified atom stereocenters. The van der Waals surface area contributed by atoms with Gasteiger partial charge in [-0.1, -0.05) is 24.3 Å². The molecule has 3 nitrogen and oxygen atoms in total. The zero-order valence-electron chi connectivity index (χ0n) is 14.2. The van der Waals surface area contributed by atoms with Gasteiger partial charge in [0.1, 0.15) is 0 Å². The number of hydrogen-bond acceptors (Lipinski definition) is 2. The van der Waals surface area contributed by atoms with Crippen LogP contribution in [0.3, 0.4) is 0 Å². The van der Waals surface area contributed by atoms with Gasteiger partial charge in [0.25, 0.3) is 0 Å². The highest BCUT2D eigenvalue weighted by molar-refractivity contribution is 5.84. The maximum absolute atomic E-state index is 13.2. The summed E-state index contributed by atoms with van der Waals surface area (Å²) in [6.07, 6.45) is -7.94. The van der Waals surface area contributed by atoms with E-state index < -0.39 is 30.3 Å². The zero-order chi connectivity index (χ0) is 19.8. The Morgan fingerprint density at radius 2 is 1.81 bits per heavy atom. The van der Waals surface area contributed by atoms with Gasteiger partial charge in [0, 0.05) is 11.8 Å². The molecule has 142 valence electrons. The molecule has 0 atom stereocenters. The molecular weight excluding hydrogens is 367 g/mol. The van der Waals surface area contributed by atoms with Gasteiger partial charge in [0.15, 0.2) is 0 Å². The van der Waals surface area contributed by atoms with Crippen LogP contribution in [0.5, 0.6) is 0 Å². The molecule has 0 aliphatic carbocycles. The van der Waals surface area contributed by atoms with E-state index in [1.54, 1.807) is 31.2 Å². The van der Waals surface area contributed by atoms with Crippen molar-refractivity contribution in [2.75, 3.05) is 0 Å². The second-order valence-electron chi connectivity index (χ2n) is 6.12. The largest absolute Gasteiger partial charge is 0.416 e. The highest BCUT2D eigenvalue weighted by Gasteiger charge is 2.31. The van der Waals surface area contributed by atoms with E-state index in [-0.39, 0.29) is 23.0 Å². The Morgan fingerprint density at radius 3 is 2.44 bits per heavy atom. The van der Waals surface area contributed by atoms with E-state index in [9.17, 15) is 26.7 Å². The Morgan fingerprint density at radius 1 is 1.11 bits per heavy atom. The fraction of sp³-hybridized carbons (Fsp3) is 0.263. The SMILES string of the molecule is Cc1ccccc1-n1c(=O)nc(CCC(F)F)c2ccc(C(F)(F)F)cc21. The molecule has 0 aliphatic heterocycles. The van der Waals surface area contributed by atoms with Crippen molar-refractivity contribution in [3.05, 3.63) is 69.8 Å². The minimum absolute atomic E-state index is 0.0107. The predicted molar refractivity (Wildman–Crippen MR) is 91.4 cm³/mol. The average molecular weight is 382 g/mol. The summed E-state index contributed by atoms with van der Waals surface area (Å²) in [4.78, 5) is 16.5. The summed E-state index contributed by atoms with van der Waals surface area (Å²) in [5, 5.41) is 0.242. The second-order valence-corrected chi connectivity index (χ2v) is 6.12. The molecule has 0 bridgehead atoms. The summed E-state index contributed by atoms with van der Waals surface area (Å²) < 4.78 is 65.8. The number of aromatic nitrogens is 2. The highest BCUT2D eigenvalue weighted by Crippen LogP contribution is 2.32. The predicted octanol–water partition coefficient (Wildman–Crippen LogP) is 4.91. The van der Waals surface area contributed by atoms with Crippen LogP contribution in [-0.2, 0) is 12.6 Å². The number of halogens is 5. The van der Waals surface area contributed by atoms with Gasteiger partial charge in [-0.25, -0.2) is 13.6 Å². The summed E-state index contributed by atoms with van der Waals surface area (Å²) in [5.74, 6) is 0. The van der Waals surface area contributed by atoms with Crippen molar-refractivity contribution in [1.29, 1.82) is 0 Å². The number of alkyl halides is 5. The van der Waals surface area contributed by atoms with E-state index in [0.717, 1.165) is 16.7 Å². The molecular formula is C19H15F5N2O. The topological polar surface area (TPSA) is 34.9 Å². The first kappa shape index (κ1) is 19.0. The van der Waals surface area contributed by atoms with Crippen LogP contribution >= 0.6 is 0 Å². The van der Waals surface area contributed by atoms with Crippen molar-refractivity contribution in [3.8, 4) is 5.69 Å². The van der Waals surface area contributed by atoms with Gasteiger partial charge in [-0.2, -0.15) is 18.2 Å². The van der Waals surface area contributed by atoms with Gasteiger partial charge in [0.2, 0.25) is 6.43 Å². The summed E-state index contributed by atoms with van der Waals surface area (Å²) in [7, 11) is 0. The monoisotopic (exact) mass is 382 g/mol. The van der Waals surface area contributed by atoms with Crippen LogP contribution in [0.15, 0.2) is 47.3 Å². The fourth-order valence-electron chi connectivity index (χ4n) is 2.95. The standard InChI is InChI=1S/C19H15F5N2O/c1-11-4-2-3-5-15(11)26-16-10-12(19(22,23)24)6-7-13(16)14(25-18(26)27)8-9-17(20)21/h2-7,10,17H,8-9H2,1H3. The lowest BCUT2D eigenvalue weighted by molar-refractivity contribution is -0.137. The molecule has 0 spiro atoms. The van der Waals surface area contributed by atoms with Gasteiger partial charge in [-0.05, 0) is 37.1 Å². The van der Waals surface area contributed by atoms with E-state index in [1.807, 2.05) is 0 Å². The van der Waals surface area contributed by atoms with Crippen LogP contribution in [0.1, 0.15) is 23.2 Å². The third-order valence-electron chi connectivity index (χ3n) is 4.25. The first-order valence-corrected chi connectivity index (χ1v) is 8.15. The van der Waals surface area contributed by atoms with Crippen LogP contribution in [0, 0.1) is 6.92 Å². The Balaban J connectivity index is 2.34. The number of aryl methyl sites for hydroxylation is 2. The number of rotatable bonds is 4. The normalized spacial score (nSPS) is 12.1. The van der Waals surface area contributed by atoms with Gasteiger partial charge < -0.3 is 0 Å². The first-order chi connectivity index (χ1) is 12.7. The Labute approximate surface area is 151 Å². The third-order valence-corrected chi connectivity index (χ3v) is 4.25. The minimum Gasteiger partial charge on any atom is -0.260 e. The van der Waals surface area contributed by atoms with Crippen LogP contribution < -0.4 is 5.69 Å². The molecule has 0 N–H and O–H groups in total. The molecule has 27 heavy (non-hydrogen) atoms. The van der Waals surface area contributed by atoms with Crippen molar-refractivity contribution in [1.82, 2.24) is 9.55 Å². The van der Waals surface area contributed by atoms with Gasteiger partial charge in [-0.3, -0.25) is 4.57 Å². The quantitative estimate of drug-likeness (QED) is 0.601. The van der Waals surface area contributed by atoms with Crippen molar-refractivity contribution in [2.45, 2.75) is 32.4 Å². The smallest absolute Gasteiger partial charge is 0.260 e. The lowest BCUT2D eigenvalue weighted by atomic mass is 10.1. The van der Waals surface area contributed by atoms with Gasteiger partial charge >= 0.3 is 11.9 Å². The minimum atomic E-state index is -4.60. The molecule has 0 radical (unpaired) electrons. The van der Waals surface area contributed by atoms with Crippen LogP contribution in [0.4, 0.5) is 22.0 Å². The van der Waals surface area contributed by atoms with E-state index in [1.165, 1.54) is 6.07 Å². The summed E-state index contributed by atoms with van der Waals surface area (Å²) >= 11 is 0. The van der Waals surface area contributed by atoms with Crippen molar-refractivity contribution >= 4 is 10.9 Å². The lowest BCUT2D eigenvalue weighted by Crippen LogP contribution is -2.25. The highest BCUT2D eigenvalue weighted by atomic mass is 19.4. The van der Waals surface area contributed by atoms with Crippen LogP contribution in [-0.4, -0.2) is 16.0 Å². The van der Waals surface area contributed by atoms with Crippen molar-refractivity contribution in [2.24, 2.45) is 0 Å². The number of nitrogens with zero attached hydrogens (tertiary/aromatic N) is 2. The van der Waals surface area contributed by atoms with E-state index >= 15 is 0 Å². The average Bonchev–Trinajstić information content (AvgIpc) is 2.59. The number of hydrogen-bond donors (Lipinski definition) is 0. The second kappa shape index (κ2) is 7.09. The van der Waals surface area contributed by atoms with Gasteiger partial charge in [-0.15, -0.1) is 0 Å². The molecule has 1 aromatic heterocycles. The Hall–Kier alpha value is -2.77. The Kier molecular flexibility index (Phi) is 4.99. The van der Waals surface area contributed by atoms with Crippen LogP contribution in [0.2, 0.25) is 0 Å². The Bertz CT molecular complexity index is 1040. The number of para-hydroxylation sites is 1. The molecule has 2 aromatic carbocycles. The molecule has 3 aromatic rings. The molecule has 0 saturated carbocycles. The molecule has 0 aliphatic rings. The molecule has 0 fully saturated rings. The van der Waals surface area contributed by atoms with Crippen LogP contribution in [0.25, 0.3) is 16.6 Å². The fourth-order valence-corrected chi connectivity index (χ4v) is 2.95. The molecule has 8 heteroatoms. The number of fused-ring (bicyclic) bond motifs is 1. The van der Waals surface area contributed by atoms with Gasteiger partial charge in [0.05, 0.1) is 22.5 Å². The maximum atomic E-state index is 13.2. The molecule has 0 saturated heterocycles. The summed E-state index contributed by atoms with van der Waals surface area (Å²) in [6, 6.07) is 9.60. The lowest BCUT2D eigenvalue weighted by Gasteiger charge is -2.16. The molecule has 0 amide bonds. The van der Waals surface area contributed by atoms with E-state index in [0.29, 0.717) is 11.3 Å². The van der Waals surface area contributed by atoms with E-state index in [4.69, 9.17) is 0 Å². The first-order valence-electron chi connectivity index (χ1n) is 8.15. The zero-order valence-corrected chi connectivity index (χ0v) is 14.2. The summed E-state index contributed by atoms with van der Waals surface area (Å²) in [6.45, 7) is 1.71. The molecule has 1 heterocycles. The number of benzene rings is 2.